The minimum Gasteiger partial charge on any atom is -0.456 e. The third kappa shape index (κ3) is 3.58. The summed E-state index contributed by atoms with van der Waals surface area (Å²) >= 11 is 6.83. The van der Waals surface area contributed by atoms with Crippen LogP contribution in [0.1, 0.15) is 40.6 Å². The molecule has 1 aromatic carbocycles. The molecule has 2 aromatic rings. The maximum Gasteiger partial charge on any atom is 0.339 e. The quantitative estimate of drug-likeness (QED) is 0.527. The molecule has 3 nitrogen and oxygen atoms in total. The molecule has 106 valence electrons. The number of hydrogen-bond donors (Lipinski definition) is 0. The summed E-state index contributed by atoms with van der Waals surface area (Å²) in [6, 6.07) is 9.30. The van der Waals surface area contributed by atoms with Crippen LogP contribution in [0, 0.1) is 0 Å². The Balaban J connectivity index is 2.58. The molecule has 0 saturated heterocycles. The van der Waals surface area contributed by atoms with E-state index in [1.165, 1.54) is 0 Å². The second-order valence-corrected chi connectivity index (χ2v) is 8.47. The second kappa shape index (κ2) is 5.82. The largest absolute Gasteiger partial charge is 0.456 e. The highest BCUT2D eigenvalue weighted by Crippen LogP contribution is 2.31. The fraction of sp³-hybridized carbons (Fsp3) is 0.333. The van der Waals surface area contributed by atoms with Gasteiger partial charge in [0.15, 0.2) is 0 Å². The molecule has 0 unspecified atom stereocenters. The number of rotatable bonds is 2. The third-order valence-electron chi connectivity index (χ3n) is 2.58. The molecule has 0 N–H and O–H groups in total. The number of nitrogens with zero attached hydrogens (tertiary/aromatic N) is 1. The highest BCUT2D eigenvalue weighted by Gasteiger charge is 2.21. The molecular weight excluding hydrogens is 386 g/mol. The van der Waals surface area contributed by atoms with E-state index in [9.17, 15) is 4.79 Å². The van der Waals surface area contributed by atoms with Crippen molar-refractivity contribution in [2.75, 3.05) is 0 Å². The van der Waals surface area contributed by atoms with E-state index in [2.05, 4.69) is 36.8 Å². The van der Waals surface area contributed by atoms with Crippen LogP contribution in [0.25, 0.3) is 10.9 Å². The molecule has 0 spiro atoms. The van der Waals surface area contributed by atoms with Gasteiger partial charge < -0.3 is 4.74 Å². The molecule has 1 aromatic heterocycles. The Hall–Kier alpha value is -0.940. The monoisotopic (exact) mass is 399 g/mol. The molecule has 0 radical (unpaired) electrons. The van der Waals surface area contributed by atoms with Gasteiger partial charge in [0.1, 0.15) is 9.34 Å². The lowest BCUT2D eigenvalue weighted by Crippen LogP contribution is -2.24. The van der Waals surface area contributed by atoms with Crippen molar-refractivity contribution in [1.29, 1.82) is 0 Å². The van der Waals surface area contributed by atoms with E-state index in [0.29, 0.717) is 5.56 Å². The second-order valence-electron chi connectivity index (χ2n) is 5.41. The van der Waals surface area contributed by atoms with Crippen LogP contribution in [0.4, 0.5) is 0 Å². The fourth-order valence-corrected chi connectivity index (χ4v) is 2.28. The smallest absolute Gasteiger partial charge is 0.339 e. The lowest BCUT2D eigenvalue weighted by atomic mass is 10.1. The Morgan fingerprint density at radius 2 is 1.90 bits per heavy atom. The number of alkyl halides is 2. The number of halogens is 2. The van der Waals surface area contributed by atoms with Gasteiger partial charge in [0.25, 0.3) is 0 Å². The fourth-order valence-electron chi connectivity index (χ4n) is 1.81. The number of carbonyl (C=O) groups is 1. The summed E-state index contributed by atoms with van der Waals surface area (Å²) in [6.07, 6.45) is 0. The zero-order chi connectivity index (χ0) is 14.9. The Morgan fingerprint density at radius 1 is 1.25 bits per heavy atom. The molecule has 0 saturated carbocycles. The molecule has 0 amide bonds. The van der Waals surface area contributed by atoms with E-state index in [4.69, 9.17) is 4.74 Å². The molecule has 0 aliphatic rings. The number of carbonyl (C=O) groups excluding carboxylic acids is 1. The molecule has 0 fully saturated rings. The predicted molar refractivity (Wildman–Crippen MR) is 87.5 cm³/mol. The summed E-state index contributed by atoms with van der Waals surface area (Å²) < 4.78 is 5.36. The molecule has 20 heavy (non-hydrogen) atoms. The lowest BCUT2D eigenvalue weighted by molar-refractivity contribution is 0.00717. The van der Waals surface area contributed by atoms with Crippen molar-refractivity contribution in [3.05, 3.63) is 41.6 Å². The molecule has 0 atom stereocenters. The van der Waals surface area contributed by atoms with Gasteiger partial charge in [-0.15, -0.1) is 0 Å². The summed E-state index contributed by atoms with van der Waals surface area (Å²) in [7, 11) is 0. The van der Waals surface area contributed by atoms with E-state index in [1.54, 1.807) is 6.07 Å². The summed E-state index contributed by atoms with van der Waals surface area (Å²) in [5.74, 6) is -0.335. The molecular formula is C15H15Br2NO2. The number of hydrogen-bond acceptors (Lipinski definition) is 3. The van der Waals surface area contributed by atoms with E-state index in [-0.39, 0.29) is 9.71 Å². The number of pyridine rings is 1. The van der Waals surface area contributed by atoms with Gasteiger partial charge in [0.05, 0.1) is 16.8 Å². The normalized spacial score (nSPS) is 11.9. The summed E-state index contributed by atoms with van der Waals surface area (Å²) in [6.45, 7) is 5.56. The van der Waals surface area contributed by atoms with Crippen molar-refractivity contribution in [2.24, 2.45) is 0 Å². The molecule has 0 aliphatic carbocycles. The zero-order valence-corrected chi connectivity index (χ0v) is 14.7. The molecule has 1 heterocycles. The number of ether oxygens (including phenoxy) is 1. The van der Waals surface area contributed by atoms with Gasteiger partial charge in [-0.1, -0.05) is 50.1 Å². The average Bonchev–Trinajstić information content (AvgIpc) is 2.35. The zero-order valence-electron chi connectivity index (χ0n) is 11.5. The van der Waals surface area contributed by atoms with Crippen LogP contribution in [0.2, 0.25) is 0 Å². The topological polar surface area (TPSA) is 39.2 Å². The molecule has 2 rings (SSSR count). The van der Waals surface area contributed by atoms with E-state index < -0.39 is 5.60 Å². The summed E-state index contributed by atoms with van der Waals surface area (Å²) in [5.41, 5.74) is 1.52. The van der Waals surface area contributed by atoms with Crippen LogP contribution in [0.3, 0.4) is 0 Å². The first-order valence-electron chi connectivity index (χ1n) is 6.19. The minimum atomic E-state index is -0.524. The first-order valence-corrected chi connectivity index (χ1v) is 8.02. The first kappa shape index (κ1) is 15.4. The van der Waals surface area contributed by atoms with Crippen LogP contribution >= 0.6 is 31.9 Å². The minimum absolute atomic E-state index is 0.110. The number of fused-ring (bicyclic) bond motifs is 1. The highest BCUT2D eigenvalue weighted by atomic mass is 79.9. The van der Waals surface area contributed by atoms with Crippen LogP contribution in [0.15, 0.2) is 30.3 Å². The van der Waals surface area contributed by atoms with Crippen molar-refractivity contribution in [3.63, 3.8) is 0 Å². The van der Waals surface area contributed by atoms with E-state index in [0.717, 1.165) is 16.6 Å². The van der Waals surface area contributed by atoms with Crippen molar-refractivity contribution < 1.29 is 9.53 Å². The van der Waals surface area contributed by atoms with Crippen molar-refractivity contribution >= 4 is 48.7 Å². The van der Waals surface area contributed by atoms with Crippen LogP contribution in [-0.2, 0) is 4.74 Å². The molecule has 0 bridgehead atoms. The van der Waals surface area contributed by atoms with Crippen molar-refractivity contribution in [1.82, 2.24) is 4.98 Å². The number of aromatic nitrogens is 1. The van der Waals surface area contributed by atoms with Crippen molar-refractivity contribution in [2.45, 2.75) is 30.1 Å². The van der Waals surface area contributed by atoms with Gasteiger partial charge in [-0.2, -0.15) is 0 Å². The Bertz CT molecular complexity index is 648. The Kier molecular flexibility index (Phi) is 4.49. The van der Waals surface area contributed by atoms with Gasteiger partial charge in [0, 0.05) is 5.39 Å². The number of benzene rings is 1. The predicted octanol–water partition coefficient (Wildman–Crippen LogP) is 4.98. The van der Waals surface area contributed by atoms with E-state index >= 15 is 0 Å². The average molecular weight is 401 g/mol. The maximum absolute atomic E-state index is 12.4. The van der Waals surface area contributed by atoms with Gasteiger partial charge in [-0.05, 0) is 32.9 Å². The standard InChI is InChI=1S/C15H15Br2NO2/c1-15(2,3)20-14(19)10-8-12(13(16)17)18-11-7-5-4-6-9(10)11/h4-8,13H,1-3H3. The van der Waals surface area contributed by atoms with Crippen LogP contribution < -0.4 is 0 Å². The van der Waals surface area contributed by atoms with Gasteiger partial charge in [-0.25, -0.2) is 4.79 Å². The van der Waals surface area contributed by atoms with Gasteiger partial charge >= 0.3 is 5.97 Å². The number of esters is 1. The Morgan fingerprint density at radius 3 is 2.50 bits per heavy atom. The molecule has 5 heteroatoms. The SMILES string of the molecule is CC(C)(C)OC(=O)c1cc(C(Br)Br)nc2ccccc12. The van der Waals surface area contributed by atoms with Crippen LogP contribution in [-0.4, -0.2) is 16.6 Å². The third-order valence-corrected chi connectivity index (χ3v) is 3.52. The summed E-state index contributed by atoms with van der Waals surface area (Å²) in [4.78, 5) is 16.9. The first-order chi connectivity index (χ1) is 9.28. The highest BCUT2D eigenvalue weighted by molar-refractivity contribution is 9.24. The number of para-hydroxylation sites is 1. The molecule has 0 aliphatic heterocycles. The van der Waals surface area contributed by atoms with Gasteiger partial charge in [-0.3, -0.25) is 4.98 Å². The maximum atomic E-state index is 12.4. The van der Waals surface area contributed by atoms with Gasteiger partial charge in [0.2, 0.25) is 0 Å². The van der Waals surface area contributed by atoms with E-state index in [1.807, 2.05) is 45.0 Å². The lowest BCUT2D eigenvalue weighted by Gasteiger charge is -2.20. The van der Waals surface area contributed by atoms with Crippen molar-refractivity contribution in [3.8, 4) is 0 Å². The summed E-state index contributed by atoms with van der Waals surface area (Å²) in [5, 5.41) is 0.797. The van der Waals surface area contributed by atoms with Crippen LogP contribution in [0.5, 0.6) is 0 Å². The Labute approximate surface area is 135 Å².